The Morgan fingerprint density at radius 1 is 1.40 bits per heavy atom. The molecular weight excluding hydrogens is 259 g/mol. The summed E-state index contributed by atoms with van der Waals surface area (Å²) in [6.45, 7) is 8.88. The Labute approximate surface area is 118 Å². The van der Waals surface area contributed by atoms with Crippen molar-refractivity contribution in [3.63, 3.8) is 0 Å². The molecule has 0 aromatic heterocycles. The first-order valence-corrected chi connectivity index (χ1v) is 6.26. The zero-order valence-electron chi connectivity index (χ0n) is 11.9. The number of carbonyl (C=O) groups excluding carboxylic acids is 2. The van der Waals surface area contributed by atoms with Crippen LogP contribution < -0.4 is 5.43 Å². The molecule has 1 aromatic rings. The maximum Gasteiger partial charge on any atom is 0.269 e. The third-order valence-corrected chi connectivity index (χ3v) is 2.54. The van der Waals surface area contributed by atoms with E-state index in [4.69, 9.17) is 0 Å². The minimum absolute atomic E-state index is 0.112. The van der Waals surface area contributed by atoms with Gasteiger partial charge in [0, 0.05) is 12.0 Å². The van der Waals surface area contributed by atoms with Crippen LogP contribution in [0, 0.1) is 5.82 Å². The summed E-state index contributed by atoms with van der Waals surface area (Å²) in [7, 11) is 0. The average molecular weight is 278 g/mol. The third-order valence-electron chi connectivity index (χ3n) is 2.54. The maximum absolute atomic E-state index is 13.1. The van der Waals surface area contributed by atoms with Gasteiger partial charge in [0.2, 0.25) is 5.91 Å². The van der Waals surface area contributed by atoms with Crippen LogP contribution in [0.2, 0.25) is 0 Å². The number of nitrogens with zero attached hydrogens (tertiary/aromatic N) is 1. The highest BCUT2D eigenvalue weighted by molar-refractivity contribution is 5.95. The molecule has 0 bridgehead atoms. The van der Waals surface area contributed by atoms with Crippen molar-refractivity contribution in [2.45, 2.75) is 32.7 Å². The standard InChI is InChI=1S/C15H19FN2O2/c1-5-7-13(19)18(15(2,3)4)17-14(20)11-8-6-9-12(16)10-11/h5-6,8-10H,1,7H2,2-4H3,(H,17,20). The largest absolute Gasteiger partial charge is 0.273 e. The van der Waals surface area contributed by atoms with E-state index in [0.29, 0.717) is 0 Å². The van der Waals surface area contributed by atoms with Crippen LogP contribution in [0.3, 0.4) is 0 Å². The molecule has 0 aliphatic carbocycles. The second-order valence-corrected chi connectivity index (χ2v) is 5.34. The summed E-state index contributed by atoms with van der Waals surface area (Å²) in [6, 6.07) is 5.30. The Morgan fingerprint density at radius 2 is 2.05 bits per heavy atom. The number of nitrogens with one attached hydrogen (secondary N) is 1. The van der Waals surface area contributed by atoms with Crippen LogP contribution in [0.25, 0.3) is 0 Å². The van der Waals surface area contributed by atoms with Gasteiger partial charge in [0.15, 0.2) is 0 Å². The molecule has 0 heterocycles. The Kier molecular flexibility index (Phi) is 5.02. The van der Waals surface area contributed by atoms with Gasteiger partial charge in [-0.25, -0.2) is 9.40 Å². The van der Waals surface area contributed by atoms with Crippen LogP contribution in [-0.4, -0.2) is 22.4 Å². The van der Waals surface area contributed by atoms with Gasteiger partial charge in [-0.15, -0.1) is 6.58 Å². The lowest BCUT2D eigenvalue weighted by Crippen LogP contribution is -2.55. The fourth-order valence-electron chi connectivity index (χ4n) is 1.61. The molecule has 0 spiro atoms. The van der Waals surface area contributed by atoms with Crippen LogP contribution >= 0.6 is 0 Å². The van der Waals surface area contributed by atoms with E-state index in [-0.39, 0.29) is 17.9 Å². The predicted octanol–water partition coefficient (Wildman–Crippen LogP) is 2.67. The van der Waals surface area contributed by atoms with Crippen LogP contribution in [0.5, 0.6) is 0 Å². The van der Waals surface area contributed by atoms with Crippen molar-refractivity contribution in [3.8, 4) is 0 Å². The molecule has 0 aliphatic rings. The average Bonchev–Trinajstić information content (AvgIpc) is 2.34. The van der Waals surface area contributed by atoms with Gasteiger partial charge in [-0.3, -0.25) is 15.0 Å². The van der Waals surface area contributed by atoms with E-state index < -0.39 is 17.3 Å². The number of hydrogen-bond donors (Lipinski definition) is 1. The lowest BCUT2D eigenvalue weighted by atomic mass is 10.1. The quantitative estimate of drug-likeness (QED) is 0.682. The minimum atomic E-state index is -0.594. The molecule has 20 heavy (non-hydrogen) atoms. The molecule has 108 valence electrons. The monoisotopic (exact) mass is 278 g/mol. The first kappa shape index (κ1) is 15.9. The summed E-state index contributed by atoms with van der Waals surface area (Å²) in [4.78, 5) is 24.1. The molecule has 1 aromatic carbocycles. The second kappa shape index (κ2) is 6.32. The van der Waals surface area contributed by atoms with Crippen molar-refractivity contribution in [1.29, 1.82) is 0 Å². The summed E-state index contributed by atoms with van der Waals surface area (Å²) >= 11 is 0. The normalized spacial score (nSPS) is 10.8. The topological polar surface area (TPSA) is 49.4 Å². The van der Waals surface area contributed by atoms with E-state index in [0.717, 1.165) is 6.07 Å². The van der Waals surface area contributed by atoms with Crippen molar-refractivity contribution in [3.05, 3.63) is 48.3 Å². The zero-order chi connectivity index (χ0) is 15.3. The van der Waals surface area contributed by atoms with Gasteiger partial charge in [-0.05, 0) is 39.0 Å². The number of hydrogen-bond acceptors (Lipinski definition) is 2. The number of benzene rings is 1. The molecule has 5 heteroatoms. The molecule has 1 N–H and O–H groups in total. The van der Waals surface area contributed by atoms with Gasteiger partial charge in [0.25, 0.3) is 5.91 Å². The van der Waals surface area contributed by atoms with E-state index >= 15 is 0 Å². The molecule has 0 aliphatic heterocycles. The summed E-state index contributed by atoms with van der Waals surface area (Å²) in [5.74, 6) is -1.31. The SMILES string of the molecule is C=CCC(=O)N(NC(=O)c1cccc(F)c1)C(C)(C)C. The Balaban J connectivity index is 2.93. The highest BCUT2D eigenvalue weighted by Gasteiger charge is 2.27. The Morgan fingerprint density at radius 3 is 2.55 bits per heavy atom. The van der Waals surface area contributed by atoms with Crippen LogP contribution in [0.1, 0.15) is 37.6 Å². The number of halogens is 1. The minimum Gasteiger partial charge on any atom is -0.273 e. The molecule has 0 radical (unpaired) electrons. The van der Waals surface area contributed by atoms with Gasteiger partial charge < -0.3 is 0 Å². The first-order chi connectivity index (χ1) is 9.25. The smallest absolute Gasteiger partial charge is 0.269 e. The molecule has 0 saturated heterocycles. The lowest BCUT2D eigenvalue weighted by molar-refractivity contribution is -0.138. The van der Waals surface area contributed by atoms with Gasteiger partial charge in [0.1, 0.15) is 5.82 Å². The number of amides is 2. The number of rotatable bonds is 3. The number of hydrazine groups is 1. The molecule has 0 fully saturated rings. The van der Waals surface area contributed by atoms with Crippen LogP contribution in [0.15, 0.2) is 36.9 Å². The molecule has 0 unspecified atom stereocenters. The fraction of sp³-hybridized carbons (Fsp3) is 0.333. The molecule has 4 nitrogen and oxygen atoms in total. The van der Waals surface area contributed by atoms with Gasteiger partial charge in [-0.1, -0.05) is 12.1 Å². The molecule has 0 saturated carbocycles. The summed E-state index contributed by atoms with van der Waals surface area (Å²) in [5, 5.41) is 1.24. The van der Waals surface area contributed by atoms with E-state index in [1.165, 1.54) is 29.3 Å². The van der Waals surface area contributed by atoms with Crippen LogP contribution in [0.4, 0.5) is 4.39 Å². The van der Waals surface area contributed by atoms with Crippen molar-refractivity contribution in [2.24, 2.45) is 0 Å². The Hall–Kier alpha value is -2.17. The van der Waals surface area contributed by atoms with Crippen LogP contribution in [-0.2, 0) is 4.79 Å². The van der Waals surface area contributed by atoms with Gasteiger partial charge >= 0.3 is 0 Å². The summed E-state index contributed by atoms with van der Waals surface area (Å²) < 4.78 is 13.1. The van der Waals surface area contributed by atoms with E-state index in [9.17, 15) is 14.0 Å². The Bertz CT molecular complexity index is 521. The van der Waals surface area contributed by atoms with Crippen molar-refractivity contribution >= 4 is 11.8 Å². The molecule has 2 amide bonds. The van der Waals surface area contributed by atoms with Crippen molar-refractivity contribution in [1.82, 2.24) is 10.4 Å². The summed E-state index contributed by atoms with van der Waals surface area (Å²) in [6.07, 6.45) is 1.58. The van der Waals surface area contributed by atoms with E-state index in [1.807, 2.05) is 0 Å². The van der Waals surface area contributed by atoms with Crippen molar-refractivity contribution in [2.75, 3.05) is 0 Å². The highest BCUT2D eigenvalue weighted by atomic mass is 19.1. The van der Waals surface area contributed by atoms with Gasteiger partial charge in [0.05, 0.1) is 5.54 Å². The molecule has 0 atom stereocenters. The fourth-order valence-corrected chi connectivity index (χ4v) is 1.61. The van der Waals surface area contributed by atoms with Gasteiger partial charge in [-0.2, -0.15) is 0 Å². The third kappa shape index (κ3) is 4.19. The molecule has 1 rings (SSSR count). The molecular formula is C15H19FN2O2. The van der Waals surface area contributed by atoms with E-state index in [2.05, 4.69) is 12.0 Å². The van der Waals surface area contributed by atoms with Crippen molar-refractivity contribution < 1.29 is 14.0 Å². The lowest BCUT2D eigenvalue weighted by Gasteiger charge is -2.35. The first-order valence-electron chi connectivity index (χ1n) is 6.26. The number of carbonyl (C=O) groups is 2. The maximum atomic E-state index is 13.1. The highest BCUT2D eigenvalue weighted by Crippen LogP contribution is 2.13. The second-order valence-electron chi connectivity index (χ2n) is 5.34. The zero-order valence-corrected chi connectivity index (χ0v) is 11.9. The van der Waals surface area contributed by atoms with E-state index in [1.54, 1.807) is 20.8 Å². The predicted molar refractivity (Wildman–Crippen MR) is 75.3 cm³/mol. The summed E-state index contributed by atoms with van der Waals surface area (Å²) in [5.41, 5.74) is 2.08.